The van der Waals surface area contributed by atoms with Crippen molar-refractivity contribution in [3.05, 3.63) is 23.8 Å². The molecule has 0 saturated heterocycles. The summed E-state index contributed by atoms with van der Waals surface area (Å²) in [6, 6.07) is 7.15. The van der Waals surface area contributed by atoms with Crippen molar-refractivity contribution in [3.63, 3.8) is 0 Å². The summed E-state index contributed by atoms with van der Waals surface area (Å²) in [6.45, 7) is 2.19. The molecule has 0 aliphatic heterocycles. The van der Waals surface area contributed by atoms with E-state index in [-0.39, 0.29) is 0 Å². The number of nitrogens with zero attached hydrogens (tertiary/aromatic N) is 2. The Kier molecular flexibility index (Phi) is 3.53. The second-order valence-corrected chi connectivity index (χ2v) is 3.61. The molecule has 0 aliphatic carbocycles. The van der Waals surface area contributed by atoms with Crippen LogP contribution in [0.25, 0.3) is 0 Å². The Morgan fingerprint density at radius 2 is 2.27 bits per heavy atom. The zero-order valence-corrected chi connectivity index (χ0v) is 8.94. The molecule has 0 heterocycles. The van der Waals surface area contributed by atoms with E-state index < -0.39 is 6.10 Å². The van der Waals surface area contributed by atoms with Crippen LogP contribution >= 0.6 is 0 Å². The molecule has 0 aromatic heterocycles. The number of benzene rings is 1. The molecule has 1 unspecified atom stereocenters. The summed E-state index contributed by atoms with van der Waals surface area (Å²) in [5.41, 5.74) is 7.74. The van der Waals surface area contributed by atoms with Crippen molar-refractivity contribution in [2.24, 2.45) is 0 Å². The van der Waals surface area contributed by atoms with Gasteiger partial charge in [-0.25, -0.2) is 0 Å². The van der Waals surface area contributed by atoms with E-state index in [2.05, 4.69) is 6.07 Å². The van der Waals surface area contributed by atoms with Crippen molar-refractivity contribution in [2.45, 2.75) is 13.0 Å². The van der Waals surface area contributed by atoms with Crippen LogP contribution in [0.5, 0.6) is 0 Å². The topological polar surface area (TPSA) is 73.3 Å². The molecule has 0 radical (unpaired) electrons. The van der Waals surface area contributed by atoms with E-state index in [0.29, 0.717) is 17.8 Å². The second-order valence-electron chi connectivity index (χ2n) is 3.61. The van der Waals surface area contributed by atoms with Gasteiger partial charge in [0.25, 0.3) is 0 Å². The summed E-state index contributed by atoms with van der Waals surface area (Å²) in [5.74, 6) is 0. The molecule has 15 heavy (non-hydrogen) atoms. The minimum Gasteiger partial charge on any atom is -0.397 e. The van der Waals surface area contributed by atoms with Crippen LogP contribution in [0.15, 0.2) is 18.2 Å². The number of anilines is 2. The summed E-state index contributed by atoms with van der Waals surface area (Å²) in [6.07, 6.45) is -0.430. The van der Waals surface area contributed by atoms with E-state index in [9.17, 15) is 5.11 Å². The van der Waals surface area contributed by atoms with E-state index >= 15 is 0 Å². The largest absolute Gasteiger partial charge is 0.397 e. The number of aliphatic hydroxyl groups excluding tert-OH is 1. The standard InChI is InChI=1S/C11H15N3O/c1-8(15)7-14(2)11-5-9(6-12)3-4-10(11)13/h3-5,8,15H,7,13H2,1-2H3. The number of likely N-dealkylation sites (N-methyl/N-ethyl adjacent to an activating group) is 1. The van der Waals surface area contributed by atoms with E-state index in [0.717, 1.165) is 5.69 Å². The van der Waals surface area contributed by atoms with Crippen molar-refractivity contribution >= 4 is 11.4 Å². The third-order valence-electron chi connectivity index (χ3n) is 2.11. The van der Waals surface area contributed by atoms with Gasteiger partial charge in [0, 0.05) is 13.6 Å². The fraction of sp³-hybridized carbons (Fsp3) is 0.364. The Morgan fingerprint density at radius 1 is 1.60 bits per heavy atom. The van der Waals surface area contributed by atoms with E-state index in [1.807, 2.05) is 11.9 Å². The Bertz CT molecular complexity index is 382. The molecule has 0 saturated carbocycles. The van der Waals surface area contributed by atoms with Gasteiger partial charge in [-0.2, -0.15) is 5.26 Å². The van der Waals surface area contributed by atoms with Crippen molar-refractivity contribution in [3.8, 4) is 6.07 Å². The lowest BCUT2D eigenvalue weighted by atomic mass is 10.1. The van der Waals surface area contributed by atoms with Crippen LogP contribution in [-0.4, -0.2) is 24.8 Å². The maximum atomic E-state index is 9.25. The van der Waals surface area contributed by atoms with Gasteiger partial charge < -0.3 is 15.7 Å². The predicted octanol–water partition coefficient (Wildman–Crippen LogP) is 0.957. The van der Waals surface area contributed by atoms with Gasteiger partial charge in [0.2, 0.25) is 0 Å². The molecule has 0 spiro atoms. The molecule has 1 atom stereocenters. The van der Waals surface area contributed by atoms with E-state index in [1.54, 1.807) is 25.1 Å². The number of nitrogens with two attached hydrogens (primary N) is 1. The van der Waals surface area contributed by atoms with Crippen molar-refractivity contribution < 1.29 is 5.11 Å². The molecule has 4 nitrogen and oxygen atoms in total. The lowest BCUT2D eigenvalue weighted by molar-refractivity contribution is 0.201. The number of nitriles is 1. The van der Waals surface area contributed by atoms with Gasteiger partial charge in [-0.1, -0.05) is 0 Å². The molecule has 0 fully saturated rings. The van der Waals surface area contributed by atoms with Crippen molar-refractivity contribution in [1.82, 2.24) is 0 Å². The smallest absolute Gasteiger partial charge is 0.0992 e. The third kappa shape index (κ3) is 2.86. The molecular formula is C11H15N3O. The highest BCUT2D eigenvalue weighted by atomic mass is 16.3. The summed E-state index contributed by atoms with van der Waals surface area (Å²) in [5, 5.41) is 18.0. The van der Waals surface area contributed by atoms with Gasteiger partial charge in [-0.15, -0.1) is 0 Å². The monoisotopic (exact) mass is 205 g/mol. The van der Waals surface area contributed by atoms with Gasteiger partial charge in [0.05, 0.1) is 29.1 Å². The average Bonchev–Trinajstić information content (AvgIpc) is 2.17. The number of nitrogen functional groups attached to an aromatic ring is 1. The first kappa shape index (κ1) is 11.3. The summed E-state index contributed by atoms with van der Waals surface area (Å²) in [4.78, 5) is 1.83. The molecule has 80 valence electrons. The maximum absolute atomic E-state index is 9.25. The van der Waals surface area contributed by atoms with Crippen LogP contribution in [0.3, 0.4) is 0 Å². The Balaban J connectivity index is 2.97. The molecule has 4 heteroatoms. The maximum Gasteiger partial charge on any atom is 0.0992 e. The molecule has 1 aromatic carbocycles. The van der Waals surface area contributed by atoms with Gasteiger partial charge in [-0.05, 0) is 25.1 Å². The fourth-order valence-electron chi connectivity index (χ4n) is 1.44. The van der Waals surface area contributed by atoms with Crippen LogP contribution in [0.4, 0.5) is 11.4 Å². The predicted molar refractivity (Wildman–Crippen MR) is 60.5 cm³/mol. The summed E-state index contributed by atoms with van der Waals surface area (Å²) < 4.78 is 0. The van der Waals surface area contributed by atoms with Crippen molar-refractivity contribution in [2.75, 3.05) is 24.2 Å². The zero-order valence-electron chi connectivity index (χ0n) is 8.94. The van der Waals surface area contributed by atoms with E-state index in [4.69, 9.17) is 11.0 Å². The summed E-state index contributed by atoms with van der Waals surface area (Å²) >= 11 is 0. The number of aliphatic hydroxyl groups is 1. The zero-order chi connectivity index (χ0) is 11.4. The first-order chi connectivity index (χ1) is 7.04. The third-order valence-corrected chi connectivity index (χ3v) is 2.11. The molecule has 1 rings (SSSR count). The Morgan fingerprint density at radius 3 is 2.80 bits per heavy atom. The van der Waals surface area contributed by atoms with Crippen LogP contribution < -0.4 is 10.6 Å². The Labute approximate surface area is 89.5 Å². The van der Waals surface area contributed by atoms with Gasteiger partial charge in [0.15, 0.2) is 0 Å². The minimum atomic E-state index is -0.430. The molecule has 1 aromatic rings. The minimum absolute atomic E-state index is 0.430. The fourth-order valence-corrected chi connectivity index (χ4v) is 1.44. The Hall–Kier alpha value is -1.73. The van der Waals surface area contributed by atoms with Crippen LogP contribution in [0.1, 0.15) is 12.5 Å². The highest BCUT2D eigenvalue weighted by Gasteiger charge is 2.08. The second kappa shape index (κ2) is 4.67. The highest BCUT2D eigenvalue weighted by molar-refractivity contribution is 5.69. The lowest BCUT2D eigenvalue weighted by Gasteiger charge is -2.22. The average molecular weight is 205 g/mol. The van der Waals surface area contributed by atoms with Crippen molar-refractivity contribution in [1.29, 1.82) is 5.26 Å². The SMILES string of the molecule is CC(O)CN(C)c1cc(C#N)ccc1N. The van der Waals surface area contributed by atoms with Crippen LogP contribution in [0.2, 0.25) is 0 Å². The summed E-state index contributed by atoms with van der Waals surface area (Å²) in [7, 11) is 1.83. The molecule has 0 amide bonds. The number of rotatable bonds is 3. The first-order valence-electron chi connectivity index (χ1n) is 4.73. The highest BCUT2D eigenvalue weighted by Crippen LogP contribution is 2.23. The van der Waals surface area contributed by atoms with E-state index in [1.165, 1.54) is 0 Å². The lowest BCUT2D eigenvalue weighted by Crippen LogP contribution is -2.27. The van der Waals surface area contributed by atoms with Gasteiger partial charge >= 0.3 is 0 Å². The number of hydrogen-bond acceptors (Lipinski definition) is 4. The normalized spacial score (nSPS) is 11.9. The van der Waals surface area contributed by atoms with Crippen LogP contribution in [0, 0.1) is 11.3 Å². The molecule has 0 bridgehead atoms. The number of hydrogen-bond donors (Lipinski definition) is 2. The molecule has 0 aliphatic rings. The van der Waals surface area contributed by atoms with Gasteiger partial charge in [0.1, 0.15) is 0 Å². The quantitative estimate of drug-likeness (QED) is 0.721. The molecule has 3 N–H and O–H groups in total. The van der Waals surface area contributed by atoms with Gasteiger partial charge in [-0.3, -0.25) is 0 Å². The first-order valence-corrected chi connectivity index (χ1v) is 4.73. The van der Waals surface area contributed by atoms with Crippen LogP contribution in [-0.2, 0) is 0 Å². The molecular weight excluding hydrogens is 190 g/mol.